The molecule has 160 valence electrons. The van der Waals surface area contributed by atoms with Gasteiger partial charge in [-0.05, 0) is 55.7 Å². The number of para-hydroxylation sites is 1. The Bertz CT molecular complexity index is 987. The minimum absolute atomic E-state index is 0.183. The highest BCUT2D eigenvalue weighted by molar-refractivity contribution is 7.93. The molecule has 4 rings (SSSR count). The van der Waals surface area contributed by atoms with Crippen molar-refractivity contribution in [1.29, 1.82) is 0 Å². The van der Waals surface area contributed by atoms with E-state index in [1.807, 2.05) is 18.2 Å². The van der Waals surface area contributed by atoms with Gasteiger partial charge in [-0.1, -0.05) is 42.6 Å². The summed E-state index contributed by atoms with van der Waals surface area (Å²) in [7, 11) is -3.81. The van der Waals surface area contributed by atoms with Crippen LogP contribution in [0.4, 0.5) is 5.69 Å². The fraction of sp³-hybridized carbons (Fsp3) is 0.435. The van der Waals surface area contributed by atoms with E-state index in [1.165, 1.54) is 12.1 Å². The molecule has 7 heteroatoms. The number of nitrogens with zero attached hydrogens (tertiary/aromatic N) is 2. The van der Waals surface area contributed by atoms with Crippen LogP contribution in [0.2, 0.25) is 5.02 Å². The number of benzene rings is 2. The Morgan fingerprint density at radius 1 is 0.833 bits per heavy atom. The lowest BCUT2D eigenvalue weighted by Crippen LogP contribution is -2.53. The Labute approximate surface area is 183 Å². The number of hydrogen-bond donors (Lipinski definition) is 0. The van der Waals surface area contributed by atoms with Gasteiger partial charge in [-0.25, -0.2) is 8.42 Å². The molecule has 0 atom stereocenters. The van der Waals surface area contributed by atoms with Crippen molar-refractivity contribution in [3.63, 3.8) is 0 Å². The van der Waals surface area contributed by atoms with Crippen molar-refractivity contribution >= 4 is 33.0 Å². The molecule has 2 aliphatic rings. The fourth-order valence-corrected chi connectivity index (χ4v) is 6.95. The number of sulfone groups is 1. The quantitative estimate of drug-likeness (QED) is 0.707. The van der Waals surface area contributed by atoms with Crippen LogP contribution in [0, 0.1) is 0 Å². The van der Waals surface area contributed by atoms with Gasteiger partial charge in [0, 0.05) is 36.9 Å². The van der Waals surface area contributed by atoms with Gasteiger partial charge in [0.25, 0.3) is 0 Å². The minimum Gasteiger partial charge on any atom is -0.370 e. The topological polar surface area (TPSA) is 57.7 Å². The normalized spacial score (nSPS) is 19.5. The minimum atomic E-state index is -3.81. The fourth-order valence-electron chi connectivity index (χ4n) is 4.69. The third-order valence-electron chi connectivity index (χ3n) is 6.34. The number of amides is 1. The highest BCUT2D eigenvalue weighted by Crippen LogP contribution is 2.42. The highest BCUT2D eigenvalue weighted by atomic mass is 35.5. The molecule has 30 heavy (non-hydrogen) atoms. The predicted octanol–water partition coefficient (Wildman–Crippen LogP) is 4.17. The zero-order valence-electron chi connectivity index (χ0n) is 17.0. The Balaban J connectivity index is 1.59. The Kier molecular flexibility index (Phi) is 6.07. The van der Waals surface area contributed by atoms with E-state index in [9.17, 15) is 13.2 Å². The molecule has 1 saturated heterocycles. The van der Waals surface area contributed by atoms with Crippen molar-refractivity contribution in [3.05, 3.63) is 59.6 Å². The first kappa shape index (κ1) is 21.2. The van der Waals surface area contributed by atoms with Gasteiger partial charge in [-0.15, -0.1) is 0 Å². The van der Waals surface area contributed by atoms with Crippen LogP contribution in [0.25, 0.3) is 0 Å². The van der Waals surface area contributed by atoms with Gasteiger partial charge in [0.2, 0.25) is 5.91 Å². The summed E-state index contributed by atoms with van der Waals surface area (Å²) < 4.78 is 25.9. The lowest BCUT2D eigenvalue weighted by Gasteiger charge is -2.33. The molecule has 1 amide bonds. The van der Waals surface area contributed by atoms with Gasteiger partial charge in [-0.2, -0.15) is 0 Å². The van der Waals surface area contributed by atoms with E-state index in [1.54, 1.807) is 17.0 Å². The monoisotopic (exact) mass is 446 g/mol. The van der Waals surface area contributed by atoms with Crippen LogP contribution in [-0.2, 0) is 14.6 Å². The van der Waals surface area contributed by atoms with Crippen molar-refractivity contribution in [1.82, 2.24) is 4.90 Å². The SMILES string of the molecule is O=C(N1CCCN(c2ccccc2)CC1)C1(S(=O)(=O)c2ccc(Cl)cc2)CCCC1. The summed E-state index contributed by atoms with van der Waals surface area (Å²) in [6, 6.07) is 16.3. The zero-order valence-corrected chi connectivity index (χ0v) is 18.5. The summed E-state index contributed by atoms with van der Waals surface area (Å²) in [4.78, 5) is 17.9. The van der Waals surface area contributed by atoms with Crippen LogP contribution in [-0.4, -0.2) is 50.2 Å². The number of rotatable bonds is 4. The van der Waals surface area contributed by atoms with E-state index in [4.69, 9.17) is 11.6 Å². The summed E-state index contributed by atoms with van der Waals surface area (Å²) >= 11 is 5.95. The molecule has 0 unspecified atom stereocenters. The molecular formula is C23H27ClN2O3S. The van der Waals surface area contributed by atoms with Gasteiger partial charge in [-0.3, -0.25) is 4.79 Å². The van der Waals surface area contributed by atoms with Gasteiger partial charge in [0.1, 0.15) is 0 Å². The Morgan fingerprint density at radius 2 is 1.50 bits per heavy atom. The molecule has 0 radical (unpaired) electrons. The average Bonchev–Trinajstić information content (AvgIpc) is 3.15. The number of carbonyl (C=O) groups is 1. The summed E-state index contributed by atoms with van der Waals surface area (Å²) in [6.07, 6.45) is 3.09. The Hall–Kier alpha value is -2.05. The summed E-state index contributed by atoms with van der Waals surface area (Å²) in [5.74, 6) is -0.232. The standard InChI is InChI=1S/C23H27ClN2O3S/c24-19-9-11-21(12-10-19)30(28,29)23(13-4-5-14-23)22(27)26-16-6-15-25(17-18-26)20-7-2-1-3-8-20/h1-3,7-12H,4-6,13-18H2. The van der Waals surface area contributed by atoms with Gasteiger partial charge in [0.15, 0.2) is 14.6 Å². The summed E-state index contributed by atoms with van der Waals surface area (Å²) in [5, 5.41) is 0.481. The molecule has 0 spiro atoms. The van der Waals surface area contributed by atoms with E-state index < -0.39 is 14.6 Å². The van der Waals surface area contributed by atoms with Crippen LogP contribution >= 0.6 is 11.6 Å². The van der Waals surface area contributed by atoms with Crippen molar-refractivity contribution in [2.24, 2.45) is 0 Å². The maximum atomic E-state index is 13.7. The average molecular weight is 447 g/mol. The number of hydrogen-bond acceptors (Lipinski definition) is 4. The third kappa shape index (κ3) is 3.83. The van der Waals surface area contributed by atoms with Crippen LogP contribution in [0.5, 0.6) is 0 Å². The highest BCUT2D eigenvalue weighted by Gasteiger charge is 2.54. The van der Waals surface area contributed by atoms with E-state index >= 15 is 0 Å². The van der Waals surface area contributed by atoms with Crippen molar-refractivity contribution in [2.45, 2.75) is 41.7 Å². The van der Waals surface area contributed by atoms with Crippen LogP contribution in [0.15, 0.2) is 59.5 Å². The molecule has 2 aromatic rings. The maximum Gasteiger partial charge on any atom is 0.244 e. The first-order valence-electron chi connectivity index (χ1n) is 10.5. The molecule has 1 aliphatic heterocycles. The number of anilines is 1. The van der Waals surface area contributed by atoms with Crippen molar-refractivity contribution in [3.8, 4) is 0 Å². The molecular weight excluding hydrogens is 420 g/mol. The van der Waals surface area contributed by atoms with Crippen LogP contribution in [0.3, 0.4) is 0 Å². The van der Waals surface area contributed by atoms with E-state index in [-0.39, 0.29) is 10.8 Å². The molecule has 1 saturated carbocycles. The first-order valence-corrected chi connectivity index (χ1v) is 12.4. The molecule has 0 bridgehead atoms. The largest absolute Gasteiger partial charge is 0.370 e. The first-order chi connectivity index (χ1) is 14.4. The smallest absolute Gasteiger partial charge is 0.244 e. The number of halogens is 1. The second-order valence-electron chi connectivity index (χ2n) is 8.13. The van der Waals surface area contributed by atoms with Gasteiger partial charge >= 0.3 is 0 Å². The Morgan fingerprint density at radius 3 is 2.17 bits per heavy atom. The lowest BCUT2D eigenvalue weighted by molar-refractivity contribution is -0.133. The van der Waals surface area contributed by atoms with E-state index in [2.05, 4.69) is 17.0 Å². The molecule has 5 nitrogen and oxygen atoms in total. The van der Waals surface area contributed by atoms with Gasteiger partial charge in [0.05, 0.1) is 4.90 Å². The second kappa shape index (κ2) is 8.60. The second-order valence-corrected chi connectivity index (χ2v) is 10.8. The molecule has 2 fully saturated rings. The number of carbonyl (C=O) groups excluding carboxylic acids is 1. The van der Waals surface area contributed by atoms with Crippen molar-refractivity contribution in [2.75, 3.05) is 31.1 Å². The zero-order chi connectivity index (χ0) is 21.2. The predicted molar refractivity (Wildman–Crippen MR) is 120 cm³/mol. The molecule has 1 heterocycles. The van der Waals surface area contributed by atoms with E-state index in [0.717, 1.165) is 31.5 Å². The third-order valence-corrected chi connectivity index (χ3v) is 9.10. The van der Waals surface area contributed by atoms with Crippen LogP contribution in [0.1, 0.15) is 32.1 Å². The lowest BCUT2D eigenvalue weighted by atomic mass is 10.1. The molecule has 1 aliphatic carbocycles. The summed E-state index contributed by atoms with van der Waals surface area (Å²) in [5.41, 5.74) is 1.14. The molecule has 2 aromatic carbocycles. The van der Waals surface area contributed by atoms with E-state index in [0.29, 0.717) is 37.5 Å². The van der Waals surface area contributed by atoms with Crippen LogP contribution < -0.4 is 4.90 Å². The summed E-state index contributed by atoms with van der Waals surface area (Å²) in [6.45, 7) is 2.67. The van der Waals surface area contributed by atoms with Crippen molar-refractivity contribution < 1.29 is 13.2 Å². The maximum absolute atomic E-state index is 13.7. The molecule has 0 N–H and O–H groups in total. The molecule has 0 aromatic heterocycles. The van der Waals surface area contributed by atoms with Gasteiger partial charge < -0.3 is 9.80 Å².